The average Bonchev–Trinajstić information content (AvgIpc) is 2.73. The molecule has 0 saturated heterocycles. The maximum Gasteiger partial charge on any atom is 0.188 e. The maximum absolute atomic E-state index is 12.8. The molecule has 0 aliphatic rings. The van der Waals surface area contributed by atoms with Gasteiger partial charge in [-0.25, -0.2) is 9.37 Å². The van der Waals surface area contributed by atoms with Gasteiger partial charge in [-0.1, -0.05) is 22.9 Å². The van der Waals surface area contributed by atoms with Crippen LogP contribution in [0.25, 0.3) is 10.2 Å². The Morgan fingerprint density at radius 2 is 1.89 bits per heavy atom. The van der Waals surface area contributed by atoms with Gasteiger partial charge in [-0.05, 0) is 42.5 Å². The van der Waals surface area contributed by atoms with E-state index in [1.165, 1.54) is 23.5 Å². The number of anilines is 2. The molecule has 0 atom stereocenters. The summed E-state index contributed by atoms with van der Waals surface area (Å²) in [6, 6.07) is 11.8. The molecule has 5 heteroatoms. The van der Waals surface area contributed by atoms with Crippen LogP contribution < -0.4 is 5.32 Å². The van der Waals surface area contributed by atoms with Crippen LogP contribution in [0.15, 0.2) is 42.5 Å². The number of fused-ring (bicyclic) bond motifs is 1. The monoisotopic (exact) mass is 278 g/mol. The first-order chi connectivity index (χ1) is 8.70. The predicted molar refractivity (Wildman–Crippen MR) is 74.3 cm³/mol. The van der Waals surface area contributed by atoms with Gasteiger partial charge in [-0.15, -0.1) is 0 Å². The van der Waals surface area contributed by atoms with E-state index < -0.39 is 0 Å². The van der Waals surface area contributed by atoms with Crippen molar-refractivity contribution in [2.45, 2.75) is 0 Å². The van der Waals surface area contributed by atoms with Gasteiger partial charge in [0.25, 0.3) is 0 Å². The molecule has 1 N–H and O–H groups in total. The number of benzene rings is 2. The van der Waals surface area contributed by atoms with E-state index in [0.29, 0.717) is 5.02 Å². The Labute approximate surface area is 112 Å². The van der Waals surface area contributed by atoms with Crippen molar-refractivity contribution in [3.63, 3.8) is 0 Å². The minimum absolute atomic E-state index is 0.253. The van der Waals surface area contributed by atoms with Gasteiger partial charge in [0.1, 0.15) is 5.82 Å². The highest BCUT2D eigenvalue weighted by Gasteiger charge is 2.04. The highest BCUT2D eigenvalue weighted by molar-refractivity contribution is 7.22. The number of hydrogen-bond donors (Lipinski definition) is 1. The fraction of sp³-hybridized carbons (Fsp3) is 0. The average molecular weight is 279 g/mol. The van der Waals surface area contributed by atoms with E-state index in [0.717, 1.165) is 21.0 Å². The highest BCUT2D eigenvalue weighted by Crippen LogP contribution is 2.29. The molecule has 0 spiro atoms. The van der Waals surface area contributed by atoms with E-state index in [2.05, 4.69) is 10.3 Å². The first kappa shape index (κ1) is 11.4. The molecule has 0 aliphatic heterocycles. The summed E-state index contributed by atoms with van der Waals surface area (Å²) in [4.78, 5) is 4.42. The van der Waals surface area contributed by atoms with Crippen molar-refractivity contribution in [2.24, 2.45) is 0 Å². The van der Waals surface area contributed by atoms with Crippen molar-refractivity contribution in [3.05, 3.63) is 53.3 Å². The lowest BCUT2D eigenvalue weighted by molar-refractivity contribution is 0.628. The lowest BCUT2D eigenvalue weighted by Gasteiger charge is -2.00. The molecule has 0 aliphatic carbocycles. The van der Waals surface area contributed by atoms with Crippen molar-refractivity contribution in [3.8, 4) is 0 Å². The van der Waals surface area contributed by atoms with Gasteiger partial charge in [0, 0.05) is 10.7 Å². The number of nitrogens with zero attached hydrogens (tertiary/aromatic N) is 1. The molecule has 2 aromatic carbocycles. The van der Waals surface area contributed by atoms with Gasteiger partial charge >= 0.3 is 0 Å². The lowest BCUT2D eigenvalue weighted by atomic mass is 10.3. The Kier molecular flexibility index (Phi) is 2.89. The molecular formula is C13H8ClFN2S. The van der Waals surface area contributed by atoms with E-state index in [1.807, 2.05) is 18.2 Å². The Bertz CT molecular complexity index is 694. The van der Waals surface area contributed by atoms with Gasteiger partial charge in [0.2, 0.25) is 0 Å². The third-order valence-electron chi connectivity index (χ3n) is 2.45. The second-order valence-corrected chi connectivity index (χ2v) is 5.23. The second kappa shape index (κ2) is 4.55. The van der Waals surface area contributed by atoms with Gasteiger partial charge in [-0.2, -0.15) is 0 Å². The van der Waals surface area contributed by atoms with Crippen LogP contribution in [0.3, 0.4) is 0 Å². The fourth-order valence-electron chi connectivity index (χ4n) is 1.61. The van der Waals surface area contributed by atoms with Gasteiger partial charge < -0.3 is 5.32 Å². The van der Waals surface area contributed by atoms with Crippen LogP contribution in [0.4, 0.5) is 15.2 Å². The van der Waals surface area contributed by atoms with Crippen LogP contribution in [0.1, 0.15) is 0 Å². The van der Waals surface area contributed by atoms with E-state index >= 15 is 0 Å². The van der Waals surface area contributed by atoms with Gasteiger partial charge in [0.05, 0.1) is 10.2 Å². The minimum Gasteiger partial charge on any atom is -0.332 e. The standard InChI is InChI=1S/C13H8ClFN2S/c14-8-1-6-12-11(7-8)17-13(18-12)16-10-4-2-9(15)3-5-10/h1-7H,(H,16,17). The van der Waals surface area contributed by atoms with Gasteiger partial charge in [-0.3, -0.25) is 0 Å². The molecular weight excluding hydrogens is 271 g/mol. The largest absolute Gasteiger partial charge is 0.332 e. The van der Waals surface area contributed by atoms with E-state index in [4.69, 9.17) is 11.6 Å². The maximum atomic E-state index is 12.8. The van der Waals surface area contributed by atoms with Crippen molar-refractivity contribution < 1.29 is 4.39 Å². The van der Waals surface area contributed by atoms with Crippen molar-refractivity contribution in [1.82, 2.24) is 4.98 Å². The topological polar surface area (TPSA) is 24.9 Å². The van der Waals surface area contributed by atoms with Crippen molar-refractivity contribution in [2.75, 3.05) is 5.32 Å². The zero-order chi connectivity index (χ0) is 12.5. The molecule has 0 amide bonds. The summed E-state index contributed by atoms with van der Waals surface area (Å²) in [6.07, 6.45) is 0. The summed E-state index contributed by atoms with van der Waals surface area (Å²) < 4.78 is 13.8. The molecule has 0 saturated carbocycles. The fourth-order valence-corrected chi connectivity index (χ4v) is 2.64. The van der Waals surface area contributed by atoms with Crippen molar-refractivity contribution in [1.29, 1.82) is 0 Å². The zero-order valence-corrected chi connectivity index (χ0v) is 10.7. The summed E-state index contributed by atoms with van der Waals surface area (Å²) in [6.45, 7) is 0. The lowest BCUT2D eigenvalue weighted by Crippen LogP contribution is -1.88. The number of nitrogens with one attached hydrogen (secondary N) is 1. The van der Waals surface area contributed by atoms with Crippen LogP contribution in [0, 0.1) is 5.82 Å². The quantitative estimate of drug-likeness (QED) is 0.726. The summed E-state index contributed by atoms with van der Waals surface area (Å²) in [5.41, 5.74) is 1.67. The second-order valence-electron chi connectivity index (χ2n) is 3.76. The molecule has 3 aromatic rings. The number of rotatable bonds is 2. The third-order valence-corrected chi connectivity index (χ3v) is 3.63. The molecule has 1 aromatic heterocycles. The number of aromatic nitrogens is 1. The first-order valence-corrected chi connectivity index (χ1v) is 6.49. The van der Waals surface area contributed by atoms with E-state index in [-0.39, 0.29) is 5.82 Å². The molecule has 90 valence electrons. The van der Waals surface area contributed by atoms with E-state index in [1.54, 1.807) is 12.1 Å². The molecule has 18 heavy (non-hydrogen) atoms. The third kappa shape index (κ3) is 2.30. The smallest absolute Gasteiger partial charge is 0.188 e. The Hall–Kier alpha value is -1.65. The SMILES string of the molecule is Fc1ccc(Nc2nc3cc(Cl)ccc3s2)cc1. The minimum atomic E-state index is -0.253. The van der Waals surface area contributed by atoms with Crippen LogP contribution in [-0.2, 0) is 0 Å². The van der Waals surface area contributed by atoms with Crippen LogP contribution in [-0.4, -0.2) is 4.98 Å². The van der Waals surface area contributed by atoms with Crippen molar-refractivity contribution >= 4 is 44.0 Å². The number of thiazole rings is 1. The van der Waals surface area contributed by atoms with Crippen LogP contribution in [0.5, 0.6) is 0 Å². The molecule has 0 bridgehead atoms. The summed E-state index contributed by atoms with van der Waals surface area (Å²) >= 11 is 7.44. The van der Waals surface area contributed by atoms with E-state index in [9.17, 15) is 4.39 Å². The van der Waals surface area contributed by atoms with Crippen LogP contribution in [0.2, 0.25) is 5.02 Å². The Morgan fingerprint density at radius 3 is 2.67 bits per heavy atom. The summed E-state index contributed by atoms with van der Waals surface area (Å²) in [7, 11) is 0. The predicted octanol–water partition coefficient (Wildman–Crippen LogP) is 4.83. The van der Waals surface area contributed by atoms with Gasteiger partial charge in [0.15, 0.2) is 5.13 Å². The number of halogens is 2. The zero-order valence-electron chi connectivity index (χ0n) is 9.15. The molecule has 1 heterocycles. The molecule has 0 fully saturated rings. The Balaban J connectivity index is 1.92. The first-order valence-electron chi connectivity index (χ1n) is 5.29. The Morgan fingerprint density at radius 1 is 1.11 bits per heavy atom. The molecule has 0 radical (unpaired) electrons. The highest BCUT2D eigenvalue weighted by atomic mass is 35.5. The summed E-state index contributed by atoms with van der Waals surface area (Å²) in [5, 5.41) is 4.57. The normalized spacial score (nSPS) is 10.8. The number of hydrogen-bond acceptors (Lipinski definition) is 3. The summed E-state index contributed by atoms with van der Waals surface area (Å²) in [5.74, 6) is -0.253. The molecule has 0 unspecified atom stereocenters. The molecule has 2 nitrogen and oxygen atoms in total. The molecule has 3 rings (SSSR count). The van der Waals surface area contributed by atoms with Crippen LogP contribution >= 0.6 is 22.9 Å².